The highest BCUT2D eigenvalue weighted by Crippen LogP contribution is 2.40. The Kier molecular flexibility index (Phi) is 46.2. The van der Waals surface area contributed by atoms with Gasteiger partial charge in [-0.15, -0.1) is 10.2 Å². The van der Waals surface area contributed by atoms with Crippen molar-refractivity contribution in [1.82, 2.24) is 39.0 Å². The second-order valence-electron chi connectivity index (χ2n) is 34.6. The SMILES string of the molecule is CC(C)(O)C(C)(C)O.CN(N)/N=C(\N)Br.CNS(=O)(=O)c1ccc(CC2CCCCC2)c(-c2cn(C)nn2)c1.CNS(=O)(=O)c1ccc(CC2CCCCC2)c(B2OC(C)(C)C(C)(C)O2)c1.CNS(=O)(=O)c1ccc(F)c(Br)c1.CNS(=O)(=O)c1ccc(NC2CCCCC2)c(Br)c1.NC1CCCCC1.O=S(=O)(Cl)c1ccc(F)c(Br)c1.[B]B1OC(C)(C)C(C)(C)O1. The second kappa shape index (κ2) is 51.0. The highest BCUT2D eigenvalue weighted by atomic mass is 79.9. The van der Waals surface area contributed by atoms with Crippen molar-refractivity contribution < 1.29 is 79.7 Å². The number of amidine groups is 1. The van der Waals surface area contributed by atoms with Crippen LogP contribution in [0.3, 0.4) is 0 Å². The first-order valence-corrected chi connectivity index (χ1v) is 53.4. The molecule has 0 atom stereocenters. The molecule has 4 saturated carbocycles. The Balaban J connectivity index is 0.000000312. The zero-order valence-electron chi connectivity index (χ0n) is 76.1. The highest BCUT2D eigenvalue weighted by Gasteiger charge is 2.53. The minimum atomic E-state index is -3.77. The van der Waals surface area contributed by atoms with Gasteiger partial charge in [0.1, 0.15) is 25.1 Å². The first kappa shape index (κ1) is 115. The van der Waals surface area contributed by atoms with Gasteiger partial charge in [-0.25, -0.2) is 80.7 Å². The van der Waals surface area contributed by atoms with Crippen molar-refractivity contribution in [3.63, 3.8) is 0 Å². The van der Waals surface area contributed by atoms with E-state index in [0.717, 1.165) is 80.2 Å². The van der Waals surface area contributed by atoms with Crippen molar-refractivity contribution in [3.05, 3.63) is 133 Å². The van der Waals surface area contributed by atoms with Gasteiger partial charge in [-0.3, -0.25) is 4.68 Å². The minimum Gasteiger partial charge on any atom is -0.411 e. The normalized spacial score (nSPS) is 18.1. The third-order valence-electron chi connectivity index (χ3n) is 23.0. The van der Waals surface area contributed by atoms with Crippen molar-refractivity contribution >= 4 is 161 Å². The number of nitrogens with two attached hydrogens (primary N) is 3. The lowest BCUT2D eigenvalue weighted by atomic mass is 9.63. The molecule has 0 unspecified atom stereocenters. The molecule has 2 aliphatic heterocycles. The van der Waals surface area contributed by atoms with E-state index in [1.807, 2.05) is 86.8 Å². The predicted octanol–water partition coefficient (Wildman–Crippen LogP) is 14.6. The smallest absolute Gasteiger partial charge is 0.411 e. The number of hydrazone groups is 1. The van der Waals surface area contributed by atoms with Gasteiger partial charge < -0.3 is 45.6 Å². The number of aromatic nitrogens is 3. The van der Waals surface area contributed by atoms with Crippen LogP contribution in [0.15, 0.2) is 140 Å². The summed E-state index contributed by atoms with van der Waals surface area (Å²) in [6.07, 6.45) is 29.4. The van der Waals surface area contributed by atoms with Gasteiger partial charge in [0.2, 0.25) is 40.1 Å². The molecule has 29 nitrogen and oxygen atoms in total. The summed E-state index contributed by atoms with van der Waals surface area (Å²) in [6.45, 7) is 22.3. The van der Waals surface area contributed by atoms with E-state index < -0.39 is 97.3 Å². The Morgan fingerprint density at radius 3 is 1.24 bits per heavy atom. The quantitative estimate of drug-likeness (QED) is 0.00685. The maximum atomic E-state index is 12.7. The van der Waals surface area contributed by atoms with Crippen LogP contribution in [-0.4, -0.2) is 180 Å². The van der Waals surface area contributed by atoms with E-state index in [0.29, 0.717) is 23.9 Å². The van der Waals surface area contributed by atoms with E-state index in [-0.39, 0.29) is 49.4 Å². The van der Waals surface area contributed by atoms with Crippen LogP contribution in [0.25, 0.3) is 11.3 Å². The summed E-state index contributed by atoms with van der Waals surface area (Å²) in [5.41, 5.74) is 12.8. The largest absolute Gasteiger partial charge is 0.495 e. The number of sulfonamides is 4. The van der Waals surface area contributed by atoms with Gasteiger partial charge in [0, 0.05) is 52.6 Å². The lowest BCUT2D eigenvalue weighted by Crippen LogP contribution is -2.44. The van der Waals surface area contributed by atoms with Crippen molar-refractivity contribution in [2.24, 2.45) is 41.3 Å². The average molecular weight is 2150 g/mol. The molecule has 4 aliphatic carbocycles. The molecule has 2 saturated heterocycles. The fourth-order valence-corrected chi connectivity index (χ4v) is 19.1. The third-order valence-corrected chi connectivity index (χ3v) is 32.0. The van der Waals surface area contributed by atoms with Crippen LogP contribution >= 0.6 is 74.4 Å². The lowest BCUT2D eigenvalue weighted by Gasteiger charge is -2.32. The molecule has 127 heavy (non-hydrogen) atoms. The van der Waals surface area contributed by atoms with Crippen molar-refractivity contribution in [2.75, 3.05) is 40.6 Å². The van der Waals surface area contributed by atoms with E-state index in [1.165, 1.54) is 169 Å². The summed E-state index contributed by atoms with van der Waals surface area (Å²) < 4.78 is 177. The average Bonchev–Trinajstić information content (AvgIpc) is 1.62. The summed E-state index contributed by atoms with van der Waals surface area (Å²) in [4.78, 5) is 0.692. The Bertz CT molecular complexity index is 5080. The summed E-state index contributed by atoms with van der Waals surface area (Å²) in [5.74, 6) is 5.32. The molecular weight excluding hydrogens is 2020 g/mol. The van der Waals surface area contributed by atoms with E-state index in [4.69, 9.17) is 64.6 Å². The molecule has 712 valence electrons. The number of halogens is 7. The number of benzene rings is 5. The van der Waals surface area contributed by atoms with Gasteiger partial charge in [-0.1, -0.05) is 120 Å². The molecule has 5 aromatic carbocycles. The Hall–Kier alpha value is -4.16. The van der Waals surface area contributed by atoms with Gasteiger partial charge in [-0.05, 0) is 321 Å². The molecule has 44 heteroatoms. The van der Waals surface area contributed by atoms with E-state index in [2.05, 4.69) is 103 Å². The molecule has 13 N–H and O–H groups in total. The molecule has 0 spiro atoms. The first-order valence-electron chi connectivity index (χ1n) is 42.0. The number of rotatable bonds is 19. The lowest BCUT2D eigenvalue weighted by molar-refractivity contribution is -0.107. The molecule has 2 radical (unpaired) electrons. The van der Waals surface area contributed by atoms with Gasteiger partial charge >= 0.3 is 14.1 Å². The fourth-order valence-electron chi connectivity index (χ4n) is 13.3. The van der Waals surface area contributed by atoms with Gasteiger partial charge in [0.05, 0.1) is 73.2 Å². The van der Waals surface area contributed by atoms with Crippen LogP contribution in [0.2, 0.25) is 0 Å². The summed E-state index contributed by atoms with van der Waals surface area (Å²) >= 11 is 12.1. The number of hydrogen-bond donors (Lipinski definition) is 10. The van der Waals surface area contributed by atoms with Crippen LogP contribution in [0.4, 0.5) is 14.5 Å². The molecule has 6 aliphatic rings. The number of aryl methyl sites for hydroxylation is 1. The molecule has 1 aromatic heterocycles. The number of anilines is 1. The van der Waals surface area contributed by atoms with Crippen molar-refractivity contribution in [3.8, 4) is 11.3 Å². The van der Waals surface area contributed by atoms with Crippen LogP contribution < -0.4 is 47.0 Å². The Morgan fingerprint density at radius 2 is 0.906 bits per heavy atom. The number of nitrogens with zero attached hydrogens (tertiary/aromatic N) is 5. The van der Waals surface area contributed by atoms with Crippen LogP contribution in [0.5, 0.6) is 0 Å². The standard InChI is InChI=1S/C20H32BNO4S.C17H24N4O2S.C13H19BrN2O2S.C7H7BrFNO2S.C6H12B2O2.C6H3BrClFO2S.C6H13N.C6H14O2.C2H7BrN4/c1-19(2)20(3,4)26-21(25-19)18-14-17(27(23,24)22-5)12-11-16(18)13-15-9-7-6-8-10-15;1-18-24(22,23)15-9-8-14(10-13-6-4-3-5-7-13)16(11-15)17-12-21(2)20-19-17;1-15-19(17,18)11-7-8-13(12(14)9-11)16-10-5-3-2-4-6-10;1-10-13(11,12)5-2-3-7(9)6(8)4-5;1-5(2)6(3,4)10-8(7)9-5;7-5-3-4(12(8,10)11)1-2-6(5)9;7-6-4-2-1-3-5-6;1-5(2,7)6(3,4)8;1-7(5)6-2(3)4/h11-12,14-15,22H,6-10,13H2,1-5H3;8-9,11-13,18H,3-7,10H2,1-2H3;7-10,15-16H,2-6H2,1H3;2-4,10H,1H3;1-4H3;1-3H;6H,1-5,7H2;7-8H,1-4H3;5H2,1H3,(H2,4,6). The van der Waals surface area contributed by atoms with E-state index in [1.54, 1.807) is 75.8 Å². The molecular formula is C83H131B3Br4ClF2N13O16S5. The number of aliphatic hydroxyl groups is 2. The molecule has 0 bridgehead atoms. The summed E-state index contributed by atoms with van der Waals surface area (Å²) in [6, 6.07) is 23.6. The summed E-state index contributed by atoms with van der Waals surface area (Å²) in [5, 5.41) is 34.5. The van der Waals surface area contributed by atoms with E-state index >= 15 is 0 Å². The monoisotopic (exact) mass is 2150 g/mol. The van der Waals surface area contributed by atoms with Crippen LogP contribution in [0, 0.1) is 23.5 Å². The Morgan fingerprint density at radius 1 is 0.559 bits per heavy atom. The fraction of sp³-hybridized carbons (Fsp3) is 0.602. The van der Waals surface area contributed by atoms with Gasteiger partial charge in [-0.2, -0.15) is 0 Å². The van der Waals surface area contributed by atoms with Gasteiger partial charge in [0.25, 0.3) is 9.05 Å². The van der Waals surface area contributed by atoms with Crippen LogP contribution in [0.1, 0.15) is 223 Å². The van der Waals surface area contributed by atoms with Gasteiger partial charge in [0.15, 0.2) is 4.74 Å². The highest BCUT2D eigenvalue weighted by molar-refractivity contribution is 9.18. The molecule has 3 heterocycles. The van der Waals surface area contributed by atoms with E-state index in [9.17, 15) is 50.9 Å². The molecule has 6 fully saturated rings. The molecule has 12 rings (SSSR count). The topological polar surface area (TPSA) is 433 Å². The van der Waals surface area contributed by atoms with Crippen LogP contribution in [-0.2, 0) is 87.7 Å². The Labute approximate surface area is 794 Å². The minimum absolute atomic E-state index is 0.0308. The molecule has 6 aromatic rings. The maximum absolute atomic E-state index is 12.7. The number of hydrazine groups is 1. The molecule has 0 amide bonds. The first-order chi connectivity index (χ1) is 58.6. The summed E-state index contributed by atoms with van der Waals surface area (Å²) in [7, 11) is 0.664. The predicted molar refractivity (Wildman–Crippen MR) is 518 cm³/mol. The number of nitrogens with one attached hydrogen (secondary N) is 5. The maximum Gasteiger partial charge on any atom is 0.495 e. The second-order valence-corrected chi connectivity index (χ2v) is 48.1. The number of hydrogen-bond acceptors (Lipinski definition) is 23. The third kappa shape index (κ3) is 37.9. The zero-order chi connectivity index (χ0) is 96.3. The van der Waals surface area contributed by atoms with Crippen molar-refractivity contribution in [1.29, 1.82) is 0 Å². The zero-order valence-corrected chi connectivity index (χ0v) is 87.3. The van der Waals surface area contributed by atoms with Crippen molar-refractivity contribution in [2.45, 2.75) is 295 Å².